The van der Waals surface area contributed by atoms with Gasteiger partial charge in [-0.25, -0.2) is 4.98 Å². The highest BCUT2D eigenvalue weighted by Gasteiger charge is 2.11. The van der Waals surface area contributed by atoms with Gasteiger partial charge in [-0.05, 0) is 42.9 Å². The van der Waals surface area contributed by atoms with Gasteiger partial charge in [0.2, 0.25) is 0 Å². The fraction of sp³-hybridized carbons (Fsp3) is 0.0625. The number of fused-ring (bicyclic) bond motifs is 1. The molecule has 3 aromatic rings. The second kappa shape index (κ2) is 8.02. The topological polar surface area (TPSA) is 136 Å². The van der Waals surface area contributed by atoms with Crippen molar-refractivity contribution < 1.29 is 9.85 Å². The lowest BCUT2D eigenvalue weighted by molar-refractivity contribution is -0.385. The number of rotatable bonds is 5. The van der Waals surface area contributed by atoms with Gasteiger partial charge in [0.15, 0.2) is 10.2 Å². The van der Waals surface area contributed by atoms with E-state index in [1.54, 1.807) is 25.1 Å². The normalized spacial score (nSPS) is 11.2. The number of aromatic nitrogens is 1. The van der Waals surface area contributed by atoms with E-state index in [0.29, 0.717) is 26.6 Å². The zero-order chi connectivity index (χ0) is 20.3. The molecule has 0 fully saturated rings. The average molecular weight is 416 g/mol. The number of hydrogen-bond acceptors (Lipinski definition) is 8. The molecular weight excluding hydrogens is 404 g/mol. The van der Waals surface area contributed by atoms with Crippen molar-refractivity contribution in [3.63, 3.8) is 0 Å². The van der Waals surface area contributed by atoms with E-state index >= 15 is 0 Å². The van der Waals surface area contributed by atoms with Gasteiger partial charge >= 0.3 is 0 Å². The lowest BCUT2D eigenvalue weighted by Gasteiger charge is -2.05. The second-order valence-corrected chi connectivity index (χ2v) is 6.93. The Kier molecular flexibility index (Phi) is 5.52. The average Bonchev–Trinajstić information content (AvgIpc) is 3.07. The minimum atomic E-state index is -0.472. The molecule has 0 aliphatic rings. The molecule has 142 valence electrons. The van der Waals surface area contributed by atoms with Crippen molar-refractivity contribution in [3.8, 4) is 0 Å². The summed E-state index contributed by atoms with van der Waals surface area (Å²) in [4.78, 5) is 24.9. The molecule has 0 spiro atoms. The predicted octanol–water partition coefficient (Wildman–Crippen LogP) is 3.82. The van der Waals surface area contributed by atoms with E-state index in [1.807, 2.05) is 0 Å². The van der Waals surface area contributed by atoms with Crippen LogP contribution in [0.3, 0.4) is 0 Å². The van der Waals surface area contributed by atoms with Crippen LogP contribution in [0.5, 0.6) is 0 Å². The number of thiazole rings is 1. The Morgan fingerprint density at radius 1 is 1.11 bits per heavy atom. The van der Waals surface area contributed by atoms with Crippen molar-refractivity contribution in [2.24, 2.45) is 5.10 Å². The molecule has 1 heterocycles. The van der Waals surface area contributed by atoms with Gasteiger partial charge in [0.05, 0.1) is 25.8 Å². The molecule has 0 radical (unpaired) electrons. The van der Waals surface area contributed by atoms with Crippen LogP contribution in [0.4, 0.5) is 16.5 Å². The van der Waals surface area contributed by atoms with E-state index in [0.717, 1.165) is 0 Å². The van der Waals surface area contributed by atoms with Gasteiger partial charge in [0.1, 0.15) is 0 Å². The van der Waals surface area contributed by atoms with E-state index in [1.165, 1.54) is 35.6 Å². The Bertz CT molecular complexity index is 1110. The van der Waals surface area contributed by atoms with Crippen molar-refractivity contribution in [2.75, 3.05) is 5.32 Å². The molecule has 0 saturated heterocycles. The molecule has 10 nitrogen and oxygen atoms in total. The Balaban J connectivity index is 1.66. The molecular formula is C16H12N6O4S2. The third kappa shape index (κ3) is 4.42. The van der Waals surface area contributed by atoms with E-state index < -0.39 is 9.85 Å². The third-order valence-electron chi connectivity index (χ3n) is 3.62. The number of nitrogens with one attached hydrogen (secondary N) is 2. The lowest BCUT2D eigenvalue weighted by Crippen LogP contribution is -2.24. The molecule has 12 heteroatoms. The zero-order valence-corrected chi connectivity index (χ0v) is 15.9. The highest BCUT2D eigenvalue weighted by atomic mass is 32.1. The first-order valence-corrected chi connectivity index (χ1v) is 8.97. The number of non-ortho nitro benzene ring substituents is 2. The maximum absolute atomic E-state index is 10.8. The molecule has 0 aliphatic heterocycles. The van der Waals surface area contributed by atoms with E-state index in [9.17, 15) is 20.2 Å². The Morgan fingerprint density at radius 2 is 1.75 bits per heavy atom. The third-order valence-corrected chi connectivity index (χ3v) is 4.75. The summed E-state index contributed by atoms with van der Waals surface area (Å²) in [7, 11) is 0. The fourth-order valence-electron chi connectivity index (χ4n) is 2.23. The summed E-state index contributed by atoms with van der Waals surface area (Å²) < 4.78 is 0.657. The second-order valence-electron chi connectivity index (χ2n) is 5.50. The van der Waals surface area contributed by atoms with Gasteiger partial charge in [-0.15, -0.1) is 0 Å². The van der Waals surface area contributed by atoms with Gasteiger partial charge in [-0.2, -0.15) is 5.10 Å². The van der Waals surface area contributed by atoms with E-state index in [-0.39, 0.29) is 16.5 Å². The number of nitrogens with zero attached hydrogens (tertiary/aromatic N) is 4. The number of hydrazone groups is 1. The van der Waals surface area contributed by atoms with Crippen LogP contribution in [0, 0.1) is 20.2 Å². The summed E-state index contributed by atoms with van der Waals surface area (Å²) >= 11 is 6.40. The van der Waals surface area contributed by atoms with Crippen molar-refractivity contribution >= 4 is 61.1 Å². The standard InChI is InChI=1S/C16H12N6O4S2/c1-9(10-2-4-11(5-3-10)21(23)24)19-20-15(27)18-16-17-13-7-6-12(22(25)26)8-14(13)28-16/h2-8H,1H3,(H2,17,18,20,27)/b19-9+. The monoisotopic (exact) mass is 416 g/mol. The first-order chi connectivity index (χ1) is 13.3. The highest BCUT2D eigenvalue weighted by molar-refractivity contribution is 7.80. The number of benzene rings is 2. The number of hydrogen-bond donors (Lipinski definition) is 2. The molecule has 2 aromatic carbocycles. The van der Waals surface area contributed by atoms with Crippen LogP contribution in [0.2, 0.25) is 0 Å². The van der Waals surface area contributed by atoms with Crippen LogP contribution in [0.1, 0.15) is 12.5 Å². The van der Waals surface area contributed by atoms with Crippen molar-refractivity contribution in [3.05, 3.63) is 68.3 Å². The van der Waals surface area contributed by atoms with E-state index in [2.05, 4.69) is 20.8 Å². The fourth-order valence-corrected chi connectivity index (χ4v) is 3.34. The molecule has 3 rings (SSSR count). The van der Waals surface area contributed by atoms with E-state index in [4.69, 9.17) is 12.2 Å². The van der Waals surface area contributed by atoms with Crippen LogP contribution < -0.4 is 10.7 Å². The van der Waals surface area contributed by atoms with Crippen molar-refractivity contribution in [1.29, 1.82) is 0 Å². The predicted molar refractivity (Wildman–Crippen MR) is 111 cm³/mol. The Labute approximate surface area is 167 Å². The van der Waals surface area contributed by atoms with Gasteiger partial charge in [-0.3, -0.25) is 25.7 Å². The summed E-state index contributed by atoms with van der Waals surface area (Å²) in [6.45, 7) is 1.73. The van der Waals surface area contributed by atoms with Crippen molar-refractivity contribution in [1.82, 2.24) is 10.4 Å². The summed E-state index contributed by atoms with van der Waals surface area (Å²) in [5, 5.41) is 29.2. The summed E-state index contributed by atoms with van der Waals surface area (Å²) in [6, 6.07) is 10.4. The maximum Gasteiger partial charge on any atom is 0.270 e. The lowest BCUT2D eigenvalue weighted by atomic mass is 10.1. The Hall–Kier alpha value is -3.51. The molecule has 1 aromatic heterocycles. The molecule has 0 atom stereocenters. The van der Waals surface area contributed by atoms with Crippen LogP contribution in [-0.4, -0.2) is 25.7 Å². The SMILES string of the molecule is C/C(=N\NC(=S)Nc1nc2ccc([N+](=O)[O-])cc2s1)c1ccc([N+](=O)[O-])cc1. The first kappa shape index (κ1) is 19.3. The number of thiocarbonyl (C=S) groups is 1. The molecule has 0 saturated carbocycles. The highest BCUT2D eigenvalue weighted by Crippen LogP contribution is 2.29. The quantitative estimate of drug-likeness (QED) is 0.277. The molecule has 0 amide bonds. The molecule has 0 bridgehead atoms. The van der Waals surface area contributed by atoms with Gasteiger partial charge in [-0.1, -0.05) is 11.3 Å². The van der Waals surface area contributed by atoms with Gasteiger partial charge in [0, 0.05) is 24.3 Å². The molecule has 0 unspecified atom stereocenters. The van der Waals surface area contributed by atoms with Crippen LogP contribution in [-0.2, 0) is 0 Å². The largest absolute Gasteiger partial charge is 0.307 e. The smallest absolute Gasteiger partial charge is 0.270 e. The Morgan fingerprint density at radius 3 is 2.39 bits per heavy atom. The van der Waals surface area contributed by atoms with Crippen molar-refractivity contribution in [2.45, 2.75) is 6.92 Å². The number of nitro groups is 2. The molecule has 0 aliphatic carbocycles. The van der Waals surface area contributed by atoms with Crippen LogP contribution in [0.15, 0.2) is 47.6 Å². The molecule has 28 heavy (non-hydrogen) atoms. The minimum Gasteiger partial charge on any atom is -0.307 e. The first-order valence-electron chi connectivity index (χ1n) is 7.74. The van der Waals surface area contributed by atoms with Crippen LogP contribution in [0.25, 0.3) is 10.2 Å². The molecule has 2 N–H and O–H groups in total. The summed E-state index contributed by atoms with van der Waals surface area (Å²) in [5.74, 6) is 0. The van der Waals surface area contributed by atoms with Gasteiger partial charge < -0.3 is 5.32 Å². The minimum absolute atomic E-state index is 0.00207. The van der Waals surface area contributed by atoms with Crippen LogP contribution >= 0.6 is 23.6 Å². The summed E-state index contributed by atoms with van der Waals surface area (Å²) in [5.41, 5.74) is 4.57. The number of anilines is 1. The zero-order valence-electron chi connectivity index (χ0n) is 14.3. The van der Waals surface area contributed by atoms with Gasteiger partial charge in [0.25, 0.3) is 11.4 Å². The summed E-state index contributed by atoms with van der Waals surface area (Å²) in [6.07, 6.45) is 0. The maximum atomic E-state index is 10.8. The number of nitro benzene ring substituents is 2.